The van der Waals surface area contributed by atoms with Crippen molar-refractivity contribution < 1.29 is 13.6 Å². The summed E-state index contributed by atoms with van der Waals surface area (Å²) in [6.07, 6.45) is 0.719. The molecule has 3 aromatic rings. The third-order valence-corrected chi connectivity index (χ3v) is 9.29. The molecule has 1 amide bonds. The SMILES string of the molecule is CCc1nnnn1C(C)c1cc(C)c(Cl)cc1N1CCN(C(=O)[C@@H]2CN(C(C)(C)C)C[C@H]2c2ccc(F)cc2F)CC1. The summed E-state index contributed by atoms with van der Waals surface area (Å²) in [7, 11) is 0. The minimum Gasteiger partial charge on any atom is -0.368 e. The molecule has 0 saturated carbocycles. The molecule has 5 rings (SSSR count). The highest BCUT2D eigenvalue weighted by Gasteiger charge is 2.44. The lowest BCUT2D eigenvalue weighted by atomic mass is 9.87. The first kappa shape index (κ1) is 30.4. The molecule has 1 unspecified atom stereocenters. The van der Waals surface area contributed by atoms with Gasteiger partial charge in [-0.05, 0) is 68.3 Å². The molecule has 0 radical (unpaired) electrons. The number of nitrogens with zero attached hydrogens (tertiary/aromatic N) is 7. The molecule has 0 bridgehead atoms. The average Bonchev–Trinajstić information content (AvgIpc) is 3.61. The van der Waals surface area contributed by atoms with Crippen molar-refractivity contribution in [2.75, 3.05) is 44.2 Å². The van der Waals surface area contributed by atoms with Crippen LogP contribution in [0, 0.1) is 24.5 Å². The van der Waals surface area contributed by atoms with Gasteiger partial charge in [0.05, 0.1) is 12.0 Å². The highest BCUT2D eigenvalue weighted by molar-refractivity contribution is 6.31. The number of hydrogen-bond donors (Lipinski definition) is 0. The van der Waals surface area contributed by atoms with Crippen LogP contribution in [0.3, 0.4) is 0 Å². The molecule has 3 atom stereocenters. The zero-order valence-corrected chi connectivity index (χ0v) is 26.0. The van der Waals surface area contributed by atoms with E-state index < -0.39 is 17.6 Å². The predicted molar refractivity (Wildman–Crippen MR) is 160 cm³/mol. The second-order valence-corrected chi connectivity index (χ2v) is 12.9. The minimum absolute atomic E-state index is 0.0203. The number of tetrazole rings is 1. The largest absolute Gasteiger partial charge is 0.368 e. The molecule has 2 aliphatic heterocycles. The normalized spacial score (nSPS) is 20.8. The van der Waals surface area contributed by atoms with E-state index in [-0.39, 0.29) is 23.4 Å². The van der Waals surface area contributed by atoms with Crippen LogP contribution in [-0.4, -0.2) is 80.7 Å². The van der Waals surface area contributed by atoms with E-state index >= 15 is 0 Å². The number of aryl methyl sites for hydroxylation is 2. The summed E-state index contributed by atoms with van der Waals surface area (Å²) in [5, 5.41) is 13.0. The molecule has 42 heavy (non-hydrogen) atoms. The number of piperazine rings is 1. The van der Waals surface area contributed by atoms with Gasteiger partial charge >= 0.3 is 0 Å². The van der Waals surface area contributed by atoms with Gasteiger partial charge in [-0.1, -0.05) is 30.7 Å². The Balaban J connectivity index is 1.36. The fraction of sp³-hybridized carbons (Fsp3) is 0.548. The third kappa shape index (κ3) is 5.88. The second-order valence-electron chi connectivity index (χ2n) is 12.5. The van der Waals surface area contributed by atoms with E-state index in [1.165, 1.54) is 12.1 Å². The van der Waals surface area contributed by atoms with Gasteiger partial charge in [0, 0.05) is 79.5 Å². The van der Waals surface area contributed by atoms with Crippen molar-refractivity contribution in [3.05, 3.63) is 69.5 Å². The van der Waals surface area contributed by atoms with Gasteiger partial charge in [0.15, 0.2) is 5.82 Å². The van der Waals surface area contributed by atoms with Crippen LogP contribution in [-0.2, 0) is 11.2 Å². The molecule has 2 aliphatic rings. The number of likely N-dealkylation sites (tertiary alicyclic amines) is 1. The predicted octanol–water partition coefficient (Wildman–Crippen LogP) is 5.25. The molecule has 0 N–H and O–H groups in total. The quantitative estimate of drug-likeness (QED) is 0.386. The summed E-state index contributed by atoms with van der Waals surface area (Å²) in [5.74, 6) is -1.13. The molecule has 0 spiro atoms. The van der Waals surface area contributed by atoms with Crippen molar-refractivity contribution in [3.8, 4) is 0 Å². The average molecular weight is 600 g/mol. The zero-order valence-electron chi connectivity index (χ0n) is 25.2. The fourth-order valence-corrected chi connectivity index (χ4v) is 6.46. The lowest BCUT2D eigenvalue weighted by Crippen LogP contribution is -2.51. The van der Waals surface area contributed by atoms with Crippen molar-refractivity contribution in [3.63, 3.8) is 0 Å². The summed E-state index contributed by atoms with van der Waals surface area (Å²) in [4.78, 5) is 20.4. The van der Waals surface area contributed by atoms with E-state index in [1.807, 2.05) is 29.5 Å². The van der Waals surface area contributed by atoms with Crippen LogP contribution in [0.4, 0.5) is 14.5 Å². The molecule has 8 nitrogen and oxygen atoms in total. The number of benzene rings is 2. The maximum atomic E-state index is 14.9. The van der Waals surface area contributed by atoms with Crippen LogP contribution in [0.2, 0.25) is 5.02 Å². The van der Waals surface area contributed by atoms with E-state index in [0.29, 0.717) is 49.9 Å². The molecule has 2 fully saturated rings. The number of rotatable bonds is 6. The van der Waals surface area contributed by atoms with Crippen molar-refractivity contribution in [2.45, 2.75) is 65.5 Å². The molecular formula is C31H40ClF2N7O. The molecule has 11 heteroatoms. The molecule has 3 heterocycles. The molecule has 0 aliphatic carbocycles. The van der Waals surface area contributed by atoms with Crippen LogP contribution >= 0.6 is 11.6 Å². The van der Waals surface area contributed by atoms with Crippen molar-refractivity contribution in [2.24, 2.45) is 5.92 Å². The molecular weight excluding hydrogens is 560 g/mol. The fourth-order valence-electron chi connectivity index (χ4n) is 6.30. The Morgan fingerprint density at radius 1 is 1.10 bits per heavy atom. The van der Waals surface area contributed by atoms with Gasteiger partial charge in [-0.15, -0.1) is 5.10 Å². The Morgan fingerprint density at radius 2 is 1.81 bits per heavy atom. The Kier molecular flexibility index (Phi) is 8.58. The maximum Gasteiger partial charge on any atom is 0.227 e. The molecule has 2 saturated heterocycles. The van der Waals surface area contributed by atoms with Gasteiger partial charge < -0.3 is 9.80 Å². The number of halogens is 3. The van der Waals surface area contributed by atoms with Crippen LogP contribution in [0.5, 0.6) is 0 Å². The maximum absolute atomic E-state index is 14.9. The van der Waals surface area contributed by atoms with Gasteiger partial charge in [0.1, 0.15) is 11.6 Å². The van der Waals surface area contributed by atoms with Crippen molar-refractivity contribution in [1.82, 2.24) is 30.0 Å². The van der Waals surface area contributed by atoms with Crippen LogP contribution in [0.25, 0.3) is 0 Å². The highest BCUT2D eigenvalue weighted by atomic mass is 35.5. The van der Waals surface area contributed by atoms with E-state index in [2.05, 4.69) is 59.1 Å². The first-order chi connectivity index (χ1) is 19.9. The highest BCUT2D eigenvalue weighted by Crippen LogP contribution is 2.39. The van der Waals surface area contributed by atoms with Gasteiger partial charge in [0.25, 0.3) is 0 Å². The van der Waals surface area contributed by atoms with Crippen LogP contribution < -0.4 is 4.90 Å². The van der Waals surface area contributed by atoms with Crippen LogP contribution in [0.15, 0.2) is 30.3 Å². The van der Waals surface area contributed by atoms with Crippen molar-refractivity contribution >= 4 is 23.2 Å². The lowest BCUT2D eigenvalue weighted by Gasteiger charge is -2.39. The smallest absolute Gasteiger partial charge is 0.227 e. The van der Waals surface area contributed by atoms with E-state index in [4.69, 9.17) is 11.6 Å². The van der Waals surface area contributed by atoms with Gasteiger partial charge in [-0.3, -0.25) is 9.69 Å². The number of carbonyl (C=O) groups is 1. The number of anilines is 1. The Labute approximate surface area is 251 Å². The zero-order chi connectivity index (χ0) is 30.3. The Morgan fingerprint density at radius 3 is 2.45 bits per heavy atom. The van der Waals surface area contributed by atoms with Gasteiger partial charge in [0.2, 0.25) is 5.91 Å². The number of amides is 1. The van der Waals surface area contributed by atoms with Gasteiger partial charge in [-0.2, -0.15) is 0 Å². The third-order valence-electron chi connectivity index (χ3n) is 8.88. The van der Waals surface area contributed by atoms with Gasteiger partial charge in [-0.25, -0.2) is 13.5 Å². The minimum atomic E-state index is -0.614. The molecule has 2 aromatic carbocycles. The first-order valence-corrected chi connectivity index (χ1v) is 15.1. The Hall–Kier alpha value is -3.11. The summed E-state index contributed by atoms with van der Waals surface area (Å²) in [6.45, 7) is 15.8. The monoisotopic (exact) mass is 599 g/mol. The molecule has 226 valence electrons. The summed E-state index contributed by atoms with van der Waals surface area (Å²) < 4.78 is 30.5. The van der Waals surface area contributed by atoms with E-state index in [1.54, 1.807) is 0 Å². The summed E-state index contributed by atoms with van der Waals surface area (Å²) >= 11 is 6.61. The standard InChI is InChI=1S/C31H40ClF2N7O/c1-7-29-35-36-37-41(29)20(3)23-14-19(2)26(32)16-28(23)38-10-12-39(13-11-38)30(42)25-18-40(31(4,5)6)17-24(25)22-9-8-21(33)15-27(22)34/h8-9,14-16,20,24-25H,7,10-13,17-18H2,1-6H3/t20?,24-,25+/m0/s1. The number of aromatic nitrogens is 4. The van der Waals surface area contributed by atoms with Crippen LogP contribution in [0.1, 0.15) is 69.1 Å². The Bertz CT molecular complexity index is 1450. The summed E-state index contributed by atoms with van der Waals surface area (Å²) in [6, 6.07) is 7.69. The summed E-state index contributed by atoms with van der Waals surface area (Å²) in [5.41, 5.74) is 3.28. The second kappa shape index (κ2) is 11.9. The lowest BCUT2D eigenvalue weighted by molar-refractivity contribution is -0.136. The van der Waals surface area contributed by atoms with E-state index in [0.717, 1.165) is 35.1 Å². The van der Waals surface area contributed by atoms with E-state index in [9.17, 15) is 13.6 Å². The number of hydrogen-bond acceptors (Lipinski definition) is 6. The molecule has 1 aromatic heterocycles. The van der Waals surface area contributed by atoms with Crippen molar-refractivity contribution in [1.29, 1.82) is 0 Å². The topological polar surface area (TPSA) is 70.4 Å². The number of carbonyl (C=O) groups excluding carboxylic acids is 1. The first-order valence-electron chi connectivity index (χ1n) is 14.7.